The van der Waals surface area contributed by atoms with Crippen LogP contribution in [0.25, 0.3) is 33.2 Å². The third kappa shape index (κ3) is 4.89. The van der Waals surface area contributed by atoms with Gasteiger partial charge in [0.2, 0.25) is 0 Å². The number of nitrogens with one attached hydrogen (secondary N) is 3. The molecule has 0 aliphatic heterocycles. The van der Waals surface area contributed by atoms with Crippen molar-refractivity contribution in [2.45, 2.75) is 0 Å². The van der Waals surface area contributed by atoms with Gasteiger partial charge in [-0.1, -0.05) is 46.3 Å². The van der Waals surface area contributed by atoms with Crippen LogP contribution in [0.2, 0.25) is 0 Å². The number of aromatic amines is 2. The summed E-state index contributed by atoms with van der Waals surface area (Å²) in [6.45, 7) is -0.486. The molecule has 3 N–H and O–H groups in total. The Morgan fingerprint density at radius 1 is 0.943 bits per heavy atom. The highest BCUT2D eigenvalue weighted by molar-refractivity contribution is 9.11. The molecule has 8 nitrogen and oxygen atoms in total. The molecule has 0 atom stereocenters. The molecule has 0 spiro atoms. The van der Waals surface area contributed by atoms with Crippen molar-refractivity contribution in [3.8, 4) is 11.3 Å². The van der Waals surface area contributed by atoms with E-state index in [9.17, 15) is 14.4 Å². The van der Waals surface area contributed by atoms with E-state index < -0.39 is 18.5 Å². The maximum absolute atomic E-state index is 13.1. The average molecular weight is 596 g/mol. The van der Waals surface area contributed by atoms with Gasteiger partial charge in [-0.15, -0.1) is 0 Å². The molecule has 0 saturated carbocycles. The number of anilines is 1. The Labute approximate surface area is 215 Å². The smallest absolute Gasteiger partial charge is 0.339 e. The normalized spacial score (nSPS) is 11.0. The third-order valence-corrected chi connectivity index (χ3v) is 6.32. The summed E-state index contributed by atoms with van der Waals surface area (Å²) in [5.41, 5.74) is 3.63. The van der Waals surface area contributed by atoms with E-state index in [0.29, 0.717) is 37.8 Å². The number of halogens is 2. The zero-order valence-corrected chi connectivity index (χ0v) is 21.1. The number of imidazole rings is 1. The molecule has 3 aromatic carbocycles. The lowest BCUT2D eigenvalue weighted by Crippen LogP contribution is -2.21. The Balaban J connectivity index is 1.40. The van der Waals surface area contributed by atoms with E-state index in [-0.39, 0.29) is 11.3 Å². The minimum atomic E-state index is -0.653. The fourth-order valence-corrected chi connectivity index (χ4v) is 5.01. The van der Waals surface area contributed by atoms with Crippen molar-refractivity contribution in [2.24, 2.45) is 0 Å². The maximum Gasteiger partial charge on any atom is 0.339 e. The SMILES string of the molecule is O=C(COC(=O)c1cc(-c2ccccc2)nc2c(Br)cc(Br)cc12)Nc1ccc2[nH]c(=O)[nH]c2c1. The minimum absolute atomic E-state index is 0.287. The second-order valence-electron chi connectivity index (χ2n) is 7.67. The Morgan fingerprint density at radius 3 is 2.51 bits per heavy atom. The third-order valence-electron chi connectivity index (χ3n) is 5.26. The molecule has 10 heteroatoms. The number of hydrogen-bond donors (Lipinski definition) is 3. The highest BCUT2D eigenvalue weighted by Crippen LogP contribution is 2.32. The van der Waals surface area contributed by atoms with Crippen LogP contribution >= 0.6 is 31.9 Å². The van der Waals surface area contributed by atoms with Gasteiger partial charge in [-0.05, 0) is 52.3 Å². The molecule has 35 heavy (non-hydrogen) atoms. The number of fused-ring (bicyclic) bond motifs is 2. The number of esters is 1. The molecule has 174 valence electrons. The average Bonchev–Trinajstić information content (AvgIpc) is 3.22. The van der Waals surface area contributed by atoms with Crippen LogP contribution in [0.15, 0.2) is 80.5 Å². The first-order valence-corrected chi connectivity index (χ1v) is 12.0. The van der Waals surface area contributed by atoms with Crippen molar-refractivity contribution in [1.29, 1.82) is 0 Å². The molecule has 0 saturated heterocycles. The fraction of sp³-hybridized carbons (Fsp3) is 0.0400. The number of H-pyrrole nitrogens is 2. The lowest BCUT2D eigenvalue weighted by molar-refractivity contribution is -0.119. The number of nitrogens with zero attached hydrogens (tertiary/aromatic N) is 1. The van der Waals surface area contributed by atoms with Crippen molar-refractivity contribution in [1.82, 2.24) is 15.0 Å². The summed E-state index contributed by atoms with van der Waals surface area (Å²) in [5, 5.41) is 3.25. The molecular formula is C25H16Br2N4O4. The number of carbonyl (C=O) groups is 2. The van der Waals surface area contributed by atoms with Gasteiger partial charge in [-0.2, -0.15) is 0 Å². The van der Waals surface area contributed by atoms with Gasteiger partial charge in [0.25, 0.3) is 5.91 Å². The Bertz CT molecular complexity index is 1660. The zero-order valence-electron chi connectivity index (χ0n) is 17.9. The number of amides is 1. The van der Waals surface area contributed by atoms with Crippen molar-refractivity contribution in [2.75, 3.05) is 11.9 Å². The predicted molar refractivity (Wildman–Crippen MR) is 140 cm³/mol. The lowest BCUT2D eigenvalue weighted by Gasteiger charge is -2.12. The van der Waals surface area contributed by atoms with E-state index >= 15 is 0 Å². The zero-order chi connectivity index (χ0) is 24.5. The van der Waals surface area contributed by atoms with Gasteiger partial charge >= 0.3 is 11.7 Å². The van der Waals surface area contributed by atoms with Gasteiger partial charge in [0.05, 0.1) is 27.8 Å². The number of benzene rings is 3. The molecule has 5 aromatic rings. The van der Waals surface area contributed by atoms with E-state index in [4.69, 9.17) is 9.72 Å². The summed E-state index contributed by atoms with van der Waals surface area (Å²) in [6, 6.07) is 19.7. The summed E-state index contributed by atoms with van der Waals surface area (Å²) in [4.78, 5) is 46.9. The summed E-state index contributed by atoms with van der Waals surface area (Å²) in [5.74, 6) is -1.17. The van der Waals surface area contributed by atoms with Crippen LogP contribution in [0, 0.1) is 0 Å². The van der Waals surface area contributed by atoms with E-state index in [1.807, 2.05) is 36.4 Å². The first-order valence-electron chi connectivity index (χ1n) is 10.4. The lowest BCUT2D eigenvalue weighted by atomic mass is 10.0. The molecular weight excluding hydrogens is 580 g/mol. The van der Waals surface area contributed by atoms with Crippen LogP contribution < -0.4 is 11.0 Å². The maximum atomic E-state index is 13.1. The molecule has 5 rings (SSSR count). The molecule has 0 fully saturated rings. The van der Waals surface area contributed by atoms with Gasteiger partial charge < -0.3 is 20.0 Å². The fourth-order valence-electron chi connectivity index (χ4n) is 3.69. The van der Waals surface area contributed by atoms with E-state index in [2.05, 4.69) is 47.1 Å². The molecule has 0 bridgehead atoms. The highest BCUT2D eigenvalue weighted by atomic mass is 79.9. The van der Waals surface area contributed by atoms with Crippen LogP contribution in [0.3, 0.4) is 0 Å². The predicted octanol–water partition coefficient (Wildman–Crippen LogP) is 5.39. The molecule has 2 heterocycles. The summed E-state index contributed by atoms with van der Waals surface area (Å²) < 4.78 is 6.83. The molecule has 1 amide bonds. The van der Waals surface area contributed by atoms with Crippen LogP contribution in [0.1, 0.15) is 10.4 Å². The quantitative estimate of drug-likeness (QED) is 0.235. The largest absolute Gasteiger partial charge is 0.452 e. The van der Waals surface area contributed by atoms with Gasteiger partial charge in [-0.3, -0.25) is 4.79 Å². The standard InChI is InChI=1S/C25H16Br2N4O4/c26-14-8-16-17(11-20(13-4-2-1-3-5-13)29-23(16)18(27)9-14)24(33)35-12-22(32)28-15-6-7-19-21(10-15)31-25(34)30-19/h1-11H,12H2,(H,28,32)(H2,30,31,34). The summed E-state index contributed by atoms with van der Waals surface area (Å²) in [6.07, 6.45) is 0. The monoisotopic (exact) mass is 594 g/mol. The van der Waals surface area contributed by atoms with Crippen LogP contribution in [0.5, 0.6) is 0 Å². The molecule has 2 aromatic heterocycles. The first kappa shape index (κ1) is 23.0. The van der Waals surface area contributed by atoms with Gasteiger partial charge in [-0.25, -0.2) is 14.6 Å². The van der Waals surface area contributed by atoms with Gasteiger partial charge in [0.15, 0.2) is 6.61 Å². The van der Waals surface area contributed by atoms with Gasteiger partial charge in [0, 0.05) is 25.6 Å². The summed E-state index contributed by atoms with van der Waals surface area (Å²) >= 11 is 6.97. The number of pyridine rings is 1. The van der Waals surface area contributed by atoms with Crippen molar-refractivity contribution in [3.05, 3.63) is 91.7 Å². The highest BCUT2D eigenvalue weighted by Gasteiger charge is 2.19. The van der Waals surface area contributed by atoms with E-state index in [0.717, 1.165) is 10.0 Å². The Morgan fingerprint density at radius 2 is 1.71 bits per heavy atom. The number of hydrogen-bond acceptors (Lipinski definition) is 5. The first-order chi connectivity index (χ1) is 16.9. The number of carbonyl (C=O) groups excluding carboxylic acids is 2. The second-order valence-corrected chi connectivity index (χ2v) is 9.44. The summed E-state index contributed by atoms with van der Waals surface area (Å²) in [7, 11) is 0. The van der Waals surface area contributed by atoms with Crippen molar-refractivity contribution >= 4 is 71.4 Å². The molecule has 0 unspecified atom stereocenters. The van der Waals surface area contributed by atoms with Gasteiger partial charge in [0.1, 0.15) is 0 Å². The topological polar surface area (TPSA) is 117 Å². The van der Waals surface area contributed by atoms with Crippen LogP contribution in [-0.2, 0) is 9.53 Å². The second kappa shape index (κ2) is 9.47. The number of ether oxygens (including phenoxy) is 1. The van der Waals surface area contributed by atoms with Crippen LogP contribution in [-0.4, -0.2) is 33.4 Å². The molecule has 0 aliphatic rings. The van der Waals surface area contributed by atoms with Crippen molar-refractivity contribution in [3.63, 3.8) is 0 Å². The number of rotatable bonds is 5. The molecule has 0 aliphatic carbocycles. The van der Waals surface area contributed by atoms with Crippen LogP contribution in [0.4, 0.5) is 5.69 Å². The number of aromatic nitrogens is 3. The molecule has 0 radical (unpaired) electrons. The van der Waals surface area contributed by atoms with E-state index in [1.165, 1.54) is 0 Å². The van der Waals surface area contributed by atoms with E-state index in [1.54, 1.807) is 30.3 Å². The Hall–Kier alpha value is -3.76. The Kier molecular flexibility index (Phi) is 6.23. The van der Waals surface area contributed by atoms with Crippen molar-refractivity contribution < 1.29 is 14.3 Å². The minimum Gasteiger partial charge on any atom is -0.452 e.